The van der Waals surface area contributed by atoms with Crippen molar-refractivity contribution in [2.24, 2.45) is 0 Å². The fourth-order valence-electron chi connectivity index (χ4n) is 2.73. The number of rotatable bonds is 6. The standard InChI is InChI=1S/C16H23FN2O/c1-18(12-15-4-3-10-19(15)2)11-9-16(20)13-5-7-14(17)8-6-13/h5-8,15H,3-4,9-12H2,1-2H3. The molecule has 1 heterocycles. The Morgan fingerprint density at radius 2 is 2.10 bits per heavy atom. The first kappa shape index (κ1) is 15.1. The number of ketones is 1. The summed E-state index contributed by atoms with van der Waals surface area (Å²) in [5.74, 6) is -0.223. The van der Waals surface area contributed by atoms with E-state index in [1.54, 1.807) is 12.1 Å². The summed E-state index contributed by atoms with van der Waals surface area (Å²) in [7, 11) is 4.22. The first-order chi connectivity index (χ1) is 9.56. The zero-order chi connectivity index (χ0) is 14.5. The Balaban J connectivity index is 1.76. The van der Waals surface area contributed by atoms with Gasteiger partial charge in [0.1, 0.15) is 5.82 Å². The van der Waals surface area contributed by atoms with Crippen LogP contribution in [-0.2, 0) is 0 Å². The maximum atomic E-state index is 12.8. The van der Waals surface area contributed by atoms with E-state index >= 15 is 0 Å². The van der Waals surface area contributed by atoms with E-state index in [2.05, 4.69) is 23.9 Å². The van der Waals surface area contributed by atoms with Gasteiger partial charge in [-0.15, -0.1) is 0 Å². The van der Waals surface area contributed by atoms with Gasteiger partial charge < -0.3 is 9.80 Å². The van der Waals surface area contributed by atoms with E-state index in [4.69, 9.17) is 0 Å². The fourth-order valence-corrected chi connectivity index (χ4v) is 2.73. The molecule has 0 aliphatic carbocycles. The molecule has 1 saturated heterocycles. The maximum Gasteiger partial charge on any atom is 0.164 e. The first-order valence-electron chi connectivity index (χ1n) is 7.24. The molecular formula is C16H23FN2O. The molecule has 1 unspecified atom stereocenters. The van der Waals surface area contributed by atoms with Gasteiger partial charge in [-0.25, -0.2) is 4.39 Å². The van der Waals surface area contributed by atoms with Crippen LogP contribution in [0.2, 0.25) is 0 Å². The number of carbonyl (C=O) groups is 1. The SMILES string of the molecule is CN(CCC(=O)c1ccc(F)cc1)CC1CCCN1C. The lowest BCUT2D eigenvalue weighted by Crippen LogP contribution is -2.37. The van der Waals surface area contributed by atoms with Crippen LogP contribution in [0.25, 0.3) is 0 Å². The van der Waals surface area contributed by atoms with Crippen LogP contribution in [0.5, 0.6) is 0 Å². The van der Waals surface area contributed by atoms with E-state index in [9.17, 15) is 9.18 Å². The quantitative estimate of drug-likeness (QED) is 0.747. The van der Waals surface area contributed by atoms with Crippen molar-refractivity contribution in [2.75, 3.05) is 33.7 Å². The predicted octanol–water partition coefficient (Wildman–Crippen LogP) is 2.42. The monoisotopic (exact) mass is 278 g/mol. The zero-order valence-corrected chi connectivity index (χ0v) is 12.3. The van der Waals surface area contributed by atoms with Gasteiger partial charge in [-0.3, -0.25) is 4.79 Å². The molecule has 0 spiro atoms. The Labute approximate surface area is 120 Å². The van der Waals surface area contributed by atoms with Crippen LogP contribution in [-0.4, -0.2) is 55.4 Å². The lowest BCUT2D eigenvalue weighted by molar-refractivity contribution is 0.0964. The minimum Gasteiger partial charge on any atom is -0.304 e. The molecule has 1 aromatic rings. The number of benzene rings is 1. The van der Waals surface area contributed by atoms with Crippen LogP contribution in [0.4, 0.5) is 4.39 Å². The van der Waals surface area contributed by atoms with Crippen molar-refractivity contribution >= 4 is 5.78 Å². The zero-order valence-electron chi connectivity index (χ0n) is 12.3. The number of likely N-dealkylation sites (N-methyl/N-ethyl adjacent to an activating group) is 2. The number of nitrogens with zero attached hydrogens (tertiary/aromatic N) is 2. The van der Waals surface area contributed by atoms with E-state index in [1.807, 2.05) is 0 Å². The summed E-state index contributed by atoms with van der Waals surface area (Å²) in [5.41, 5.74) is 0.595. The molecule has 0 bridgehead atoms. The van der Waals surface area contributed by atoms with E-state index in [0.717, 1.165) is 13.1 Å². The predicted molar refractivity (Wildman–Crippen MR) is 78.5 cm³/mol. The lowest BCUT2D eigenvalue weighted by Gasteiger charge is -2.25. The van der Waals surface area contributed by atoms with Crippen LogP contribution in [0.3, 0.4) is 0 Å². The van der Waals surface area contributed by atoms with Crippen molar-refractivity contribution in [2.45, 2.75) is 25.3 Å². The van der Waals surface area contributed by atoms with E-state index in [1.165, 1.54) is 31.5 Å². The van der Waals surface area contributed by atoms with Gasteiger partial charge >= 0.3 is 0 Å². The summed E-state index contributed by atoms with van der Waals surface area (Å²) in [5, 5.41) is 0. The molecule has 110 valence electrons. The Bertz CT molecular complexity index is 446. The molecule has 1 aromatic carbocycles. The Hall–Kier alpha value is -1.26. The highest BCUT2D eigenvalue weighted by Crippen LogP contribution is 2.15. The number of carbonyl (C=O) groups excluding carboxylic acids is 1. The number of Topliss-reactive ketones (excluding diaryl/α,β-unsaturated/α-hetero) is 1. The fraction of sp³-hybridized carbons (Fsp3) is 0.562. The number of hydrogen-bond acceptors (Lipinski definition) is 3. The summed E-state index contributed by atoms with van der Waals surface area (Å²) in [6.07, 6.45) is 2.99. The van der Waals surface area contributed by atoms with E-state index in [-0.39, 0.29) is 11.6 Å². The third-order valence-electron chi connectivity index (χ3n) is 4.08. The second-order valence-electron chi connectivity index (χ2n) is 5.72. The smallest absolute Gasteiger partial charge is 0.164 e. The normalized spacial score (nSPS) is 19.7. The van der Waals surface area contributed by atoms with Crippen molar-refractivity contribution in [3.63, 3.8) is 0 Å². The highest BCUT2D eigenvalue weighted by atomic mass is 19.1. The van der Waals surface area contributed by atoms with Crippen LogP contribution in [0.15, 0.2) is 24.3 Å². The molecule has 4 heteroatoms. The van der Waals surface area contributed by atoms with Gasteiger partial charge in [0.05, 0.1) is 0 Å². The van der Waals surface area contributed by atoms with Crippen LogP contribution >= 0.6 is 0 Å². The highest BCUT2D eigenvalue weighted by molar-refractivity contribution is 5.96. The second kappa shape index (κ2) is 6.95. The number of likely N-dealkylation sites (tertiary alicyclic amines) is 1. The minimum absolute atomic E-state index is 0.0802. The second-order valence-corrected chi connectivity index (χ2v) is 5.72. The molecular weight excluding hydrogens is 255 g/mol. The van der Waals surface area contributed by atoms with Crippen molar-refractivity contribution in [3.8, 4) is 0 Å². The number of halogens is 1. The topological polar surface area (TPSA) is 23.6 Å². The summed E-state index contributed by atoms with van der Waals surface area (Å²) in [4.78, 5) is 16.6. The third-order valence-corrected chi connectivity index (χ3v) is 4.08. The molecule has 3 nitrogen and oxygen atoms in total. The molecule has 0 N–H and O–H groups in total. The largest absolute Gasteiger partial charge is 0.304 e. The molecule has 0 amide bonds. The van der Waals surface area contributed by atoms with Gasteiger partial charge in [-0.2, -0.15) is 0 Å². The average molecular weight is 278 g/mol. The van der Waals surface area contributed by atoms with Crippen LogP contribution < -0.4 is 0 Å². The van der Waals surface area contributed by atoms with Crippen molar-refractivity contribution in [1.82, 2.24) is 9.80 Å². The molecule has 1 aliphatic rings. The third kappa shape index (κ3) is 4.12. The molecule has 1 atom stereocenters. The van der Waals surface area contributed by atoms with E-state index in [0.29, 0.717) is 18.0 Å². The minimum atomic E-state index is -0.303. The van der Waals surface area contributed by atoms with Crippen molar-refractivity contribution in [1.29, 1.82) is 0 Å². The molecule has 0 saturated carbocycles. The first-order valence-corrected chi connectivity index (χ1v) is 7.24. The lowest BCUT2D eigenvalue weighted by atomic mass is 10.1. The Morgan fingerprint density at radius 1 is 1.40 bits per heavy atom. The maximum absolute atomic E-state index is 12.8. The molecule has 1 aliphatic heterocycles. The van der Waals surface area contributed by atoms with Crippen LogP contribution in [0, 0.1) is 5.82 Å². The molecule has 0 aromatic heterocycles. The van der Waals surface area contributed by atoms with Gasteiger partial charge in [-0.1, -0.05) is 0 Å². The van der Waals surface area contributed by atoms with Gasteiger partial charge in [0.15, 0.2) is 5.78 Å². The summed E-state index contributed by atoms with van der Waals surface area (Å²) >= 11 is 0. The summed E-state index contributed by atoms with van der Waals surface area (Å²) < 4.78 is 12.8. The molecule has 2 rings (SSSR count). The Kier molecular flexibility index (Phi) is 5.26. The van der Waals surface area contributed by atoms with Gasteiger partial charge in [-0.05, 0) is 57.7 Å². The van der Waals surface area contributed by atoms with Gasteiger partial charge in [0, 0.05) is 31.1 Å². The van der Waals surface area contributed by atoms with Gasteiger partial charge in [0.2, 0.25) is 0 Å². The molecule has 20 heavy (non-hydrogen) atoms. The molecule has 1 fully saturated rings. The Morgan fingerprint density at radius 3 is 2.70 bits per heavy atom. The summed E-state index contributed by atoms with van der Waals surface area (Å²) in [6.45, 7) is 2.93. The van der Waals surface area contributed by atoms with Gasteiger partial charge in [0.25, 0.3) is 0 Å². The van der Waals surface area contributed by atoms with Crippen molar-refractivity contribution in [3.05, 3.63) is 35.6 Å². The van der Waals surface area contributed by atoms with Crippen molar-refractivity contribution < 1.29 is 9.18 Å². The highest BCUT2D eigenvalue weighted by Gasteiger charge is 2.22. The molecule has 0 radical (unpaired) electrons. The van der Waals surface area contributed by atoms with Crippen LogP contribution in [0.1, 0.15) is 29.6 Å². The summed E-state index contributed by atoms with van der Waals surface area (Å²) in [6, 6.07) is 6.40. The van der Waals surface area contributed by atoms with E-state index < -0.39 is 0 Å². The average Bonchev–Trinajstić information content (AvgIpc) is 2.82. The number of hydrogen-bond donors (Lipinski definition) is 0.